The minimum atomic E-state index is -4.39. The van der Waals surface area contributed by atoms with Crippen LogP contribution >= 0.6 is 11.3 Å². The standard InChI is InChI=1S/C15H15F3N2O2S/c1-9-13(10(2)22)23-14(20(9)7-8-21)19-12-5-3-11(4-6-12)15(16,17)18/h3-6,21H,7-8H2,1-2H3. The molecule has 23 heavy (non-hydrogen) atoms. The van der Waals surface area contributed by atoms with Gasteiger partial charge in [-0.1, -0.05) is 11.3 Å². The van der Waals surface area contributed by atoms with Gasteiger partial charge in [0.25, 0.3) is 0 Å². The van der Waals surface area contributed by atoms with Crippen LogP contribution in [0.3, 0.4) is 0 Å². The monoisotopic (exact) mass is 344 g/mol. The van der Waals surface area contributed by atoms with Crippen LogP contribution in [-0.4, -0.2) is 22.1 Å². The van der Waals surface area contributed by atoms with Crippen LogP contribution in [0.4, 0.5) is 18.9 Å². The zero-order valence-electron chi connectivity index (χ0n) is 12.5. The number of ketones is 1. The molecule has 0 spiro atoms. The molecule has 0 bridgehead atoms. The van der Waals surface area contributed by atoms with Gasteiger partial charge < -0.3 is 9.67 Å². The maximum absolute atomic E-state index is 12.6. The first kappa shape index (κ1) is 17.4. The van der Waals surface area contributed by atoms with Crippen molar-refractivity contribution in [2.24, 2.45) is 4.99 Å². The molecule has 0 aliphatic carbocycles. The van der Waals surface area contributed by atoms with Crippen molar-refractivity contribution in [2.45, 2.75) is 26.6 Å². The molecule has 1 aromatic heterocycles. The van der Waals surface area contributed by atoms with Gasteiger partial charge in [0.2, 0.25) is 0 Å². The van der Waals surface area contributed by atoms with E-state index in [-0.39, 0.29) is 18.9 Å². The highest BCUT2D eigenvalue weighted by molar-refractivity contribution is 7.11. The lowest BCUT2D eigenvalue weighted by atomic mass is 10.2. The quantitative estimate of drug-likeness (QED) is 0.865. The van der Waals surface area contributed by atoms with Crippen molar-refractivity contribution in [1.82, 2.24) is 4.57 Å². The zero-order chi connectivity index (χ0) is 17.2. The Bertz CT molecular complexity index is 774. The Hall–Kier alpha value is -1.93. The van der Waals surface area contributed by atoms with E-state index in [1.54, 1.807) is 11.5 Å². The van der Waals surface area contributed by atoms with Crippen LogP contribution in [0.5, 0.6) is 0 Å². The fraction of sp³-hybridized carbons (Fsp3) is 0.333. The van der Waals surface area contributed by atoms with Crippen LogP contribution in [0.1, 0.15) is 27.9 Å². The number of halogens is 3. The van der Waals surface area contributed by atoms with Crippen LogP contribution in [0, 0.1) is 6.92 Å². The summed E-state index contributed by atoms with van der Waals surface area (Å²) in [6.07, 6.45) is -4.39. The predicted molar refractivity (Wildman–Crippen MR) is 80.8 cm³/mol. The molecule has 2 rings (SSSR count). The first-order valence-corrected chi connectivity index (χ1v) is 7.59. The summed E-state index contributed by atoms with van der Waals surface area (Å²) in [5.74, 6) is -0.118. The van der Waals surface area contributed by atoms with Crippen molar-refractivity contribution in [3.8, 4) is 0 Å². The van der Waals surface area contributed by atoms with E-state index in [2.05, 4.69) is 4.99 Å². The van der Waals surface area contributed by atoms with Gasteiger partial charge in [-0.2, -0.15) is 13.2 Å². The van der Waals surface area contributed by atoms with E-state index in [4.69, 9.17) is 5.11 Å². The van der Waals surface area contributed by atoms with E-state index in [0.717, 1.165) is 23.5 Å². The summed E-state index contributed by atoms with van der Waals surface area (Å²) >= 11 is 1.15. The first-order valence-electron chi connectivity index (χ1n) is 6.78. The molecule has 0 amide bonds. The second kappa shape index (κ2) is 6.67. The molecule has 0 saturated carbocycles. The Labute approximate surface area is 134 Å². The zero-order valence-corrected chi connectivity index (χ0v) is 13.3. The SMILES string of the molecule is CC(=O)c1sc(=Nc2ccc(C(F)(F)F)cc2)n(CCO)c1C. The molecule has 1 aromatic carbocycles. The number of Topliss-reactive ketones (excluding diaryl/α,β-unsaturated/α-hetero) is 1. The molecule has 0 atom stereocenters. The van der Waals surface area contributed by atoms with Crippen molar-refractivity contribution in [1.29, 1.82) is 0 Å². The molecule has 0 aliphatic rings. The van der Waals surface area contributed by atoms with Gasteiger partial charge >= 0.3 is 6.18 Å². The Kier molecular flexibility index (Phi) is 5.06. The largest absolute Gasteiger partial charge is 0.416 e. The molecule has 0 radical (unpaired) electrons. The van der Waals surface area contributed by atoms with E-state index >= 15 is 0 Å². The van der Waals surface area contributed by atoms with E-state index in [0.29, 0.717) is 21.1 Å². The van der Waals surface area contributed by atoms with Gasteiger partial charge in [0.05, 0.1) is 22.7 Å². The maximum atomic E-state index is 12.6. The molecule has 1 heterocycles. The number of thiazole rings is 1. The molecule has 4 nitrogen and oxygen atoms in total. The van der Waals surface area contributed by atoms with Crippen molar-refractivity contribution < 1.29 is 23.1 Å². The molecule has 0 fully saturated rings. The molecule has 0 unspecified atom stereocenters. The van der Waals surface area contributed by atoms with Gasteiger partial charge in [0, 0.05) is 19.2 Å². The number of nitrogens with zero attached hydrogens (tertiary/aromatic N) is 2. The second-order valence-corrected chi connectivity index (χ2v) is 5.86. The molecular weight excluding hydrogens is 329 g/mol. The smallest absolute Gasteiger partial charge is 0.395 e. The number of hydrogen-bond donors (Lipinski definition) is 1. The summed E-state index contributed by atoms with van der Waals surface area (Å²) in [6.45, 7) is 3.31. The van der Waals surface area contributed by atoms with Gasteiger partial charge in [0.15, 0.2) is 10.6 Å². The topological polar surface area (TPSA) is 54.6 Å². The highest BCUT2D eigenvalue weighted by Gasteiger charge is 2.29. The Morgan fingerprint density at radius 2 is 1.91 bits per heavy atom. The number of aromatic nitrogens is 1. The van der Waals surface area contributed by atoms with Crippen LogP contribution in [0.15, 0.2) is 29.3 Å². The molecule has 0 aliphatic heterocycles. The summed E-state index contributed by atoms with van der Waals surface area (Å²) in [5.41, 5.74) is 0.287. The van der Waals surface area contributed by atoms with Gasteiger partial charge in [-0.05, 0) is 31.2 Å². The summed E-state index contributed by atoms with van der Waals surface area (Å²) < 4.78 is 39.4. The number of rotatable bonds is 4. The first-order chi connectivity index (χ1) is 10.7. The van der Waals surface area contributed by atoms with E-state index in [1.165, 1.54) is 19.1 Å². The number of carbonyl (C=O) groups is 1. The highest BCUT2D eigenvalue weighted by atomic mass is 32.1. The number of aliphatic hydroxyl groups excluding tert-OH is 1. The summed E-state index contributed by atoms with van der Waals surface area (Å²) in [7, 11) is 0. The van der Waals surface area contributed by atoms with Gasteiger partial charge in [0.1, 0.15) is 0 Å². The lowest BCUT2D eigenvalue weighted by molar-refractivity contribution is -0.137. The van der Waals surface area contributed by atoms with Crippen LogP contribution in [0.25, 0.3) is 0 Å². The third-order valence-electron chi connectivity index (χ3n) is 3.22. The minimum Gasteiger partial charge on any atom is -0.395 e. The molecule has 0 saturated heterocycles. The minimum absolute atomic E-state index is 0.118. The van der Waals surface area contributed by atoms with Gasteiger partial charge in [-0.3, -0.25) is 4.79 Å². The number of carbonyl (C=O) groups excluding carboxylic acids is 1. The maximum Gasteiger partial charge on any atom is 0.416 e. The summed E-state index contributed by atoms with van der Waals surface area (Å²) in [4.78, 5) is 16.9. The molecule has 8 heteroatoms. The number of aliphatic hydroxyl groups is 1. The fourth-order valence-corrected chi connectivity index (χ4v) is 3.17. The second-order valence-electron chi connectivity index (χ2n) is 4.89. The van der Waals surface area contributed by atoms with Crippen LogP contribution < -0.4 is 4.80 Å². The molecule has 2 aromatic rings. The van der Waals surface area contributed by atoms with E-state index < -0.39 is 11.7 Å². The Morgan fingerprint density at radius 1 is 1.30 bits per heavy atom. The number of alkyl halides is 3. The number of benzene rings is 1. The fourth-order valence-electron chi connectivity index (χ4n) is 2.09. The van der Waals surface area contributed by atoms with Crippen molar-refractivity contribution >= 4 is 22.8 Å². The van der Waals surface area contributed by atoms with Gasteiger partial charge in [-0.25, -0.2) is 4.99 Å². The summed E-state index contributed by atoms with van der Waals surface area (Å²) in [5, 5.41) is 9.14. The van der Waals surface area contributed by atoms with Crippen molar-refractivity contribution in [3.05, 3.63) is 45.2 Å². The molecule has 1 N–H and O–H groups in total. The van der Waals surface area contributed by atoms with E-state index in [1.807, 2.05) is 0 Å². The van der Waals surface area contributed by atoms with Crippen LogP contribution in [0.2, 0.25) is 0 Å². The molecule has 124 valence electrons. The lowest BCUT2D eigenvalue weighted by Crippen LogP contribution is -2.18. The Balaban J connectivity index is 2.50. The number of hydrogen-bond acceptors (Lipinski definition) is 4. The molecular formula is C15H15F3N2O2S. The van der Waals surface area contributed by atoms with Crippen LogP contribution in [-0.2, 0) is 12.7 Å². The van der Waals surface area contributed by atoms with Gasteiger partial charge in [-0.15, -0.1) is 0 Å². The highest BCUT2D eigenvalue weighted by Crippen LogP contribution is 2.30. The van der Waals surface area contributed by atoms with E-state index in [9.17, 15) is 18.0 Å². The third kappa shape index (κ3) is 3.89. The average Bonchev–Trinajstić information content (AvgIpc) is 2.77. The normalized spacial score (nSPS) is 12.7. The lowest BCUT2D eigenvalue weighted by Gasteiger charge is -2.06. The summed E-state index contributed by atoms with van der Waals surface area (Å²) in [6, 6.07) is 4.46. The third-order valence-corrected chi connectivity index (χ3v) is 4.50. The van der Waals surface area contributed by atoms with Crippen molar-refractivity contribution in [2.75, 3.05) is 6.61 Å². The Morgan fingerprint density at radius 3 is 2.39 bits per heavy atom. The van der Waals surface area contributed by atoms with Crippen molar-refractivity contribution in [3.63, 3.8) is 0 Å². The predicted octanol–water partition coefficient (Wildman–Crippen LogP) is 3.30. The average molecular weight is 344 g/mol.